The lowest BCUT2D eigenvalue weighted by atomic mass is 10.1. The molecule has 2 aromatic rings. The molecule has 2 fully saturated rings. The lowest BCUT2D eigenvalue weighted by molar-refractivity contribution is -0.124. The van der Waals surface area contributed by atoms with Crippen molar-refractivity contribution in [3.8, 4) is 0 Å². The number of likely N-dealkylation sites (tertiary alicyclic amines) is 1. The van der Waals surface area contributed by atoms with Gasteiger partial charge in [-0.15, -0.1) is 0 Å². The fraction of sp³-hybridized carbons (Fsp3) is 0.458. The highest BCUT2D eigenvalue weighted by molar-refractivity contribution is 5.94. The third-order valence-electron chi connectivity index (χ3n) is 5.84. The number of rotatable bonds is 8. The minimum atomic E-state index is -0.294. The second kappa shape index (κ2) is 10.0. The molecule has 0 spiro atoms. The van der Waals surface area contributed by atoms with Crippen LogP contribution < -0.4 is 10.6 Å². The highest BCUT2D eigenvalue weighted by Gasteiger charge is 2.24. The molecule has 2 aliphatic rings. The summed E-state index contributed by atoms with van der Waals surface area (Å²) in [5, 5.41) is 6.67. The highest BCUT2D eigenvalue weighted by atomic mass is 16.5. The van der Waals surface area contributed by atoms with Gasteiger partial charge < -0.3 is 20.3 Å². The Labute approximate surface area is 173 Å². The minimum absolute atomic E-state index is 0.0301. The monoisotopic (exact) mass is 393 g/mol. The van der Waals surface area contributed by atoms with Crippen molar-refractivity contribution in [1.29, 1.82) is 0 Å². The third kappa shape index (κ3) is 5.89. The number of hydrogen-bond donors (Lipinski definition) is 2. The molecule has 0 aromatic heterocycles. The molecular formula is C24H31N3O2. The lowest BCUT2D eigenvalue weighted by Gasteiger charge is -2.17. The van der Waals surface area contributed by atoms with E-state index >= 15 is 0 Å². The van der Waals surface area contributed by atoms with Crippen molar-refractivity contribution < 1.29 is 9.53 Å². The molecule has 154 valence electrons. The van der Waals surface area contributed by atoms with Gasteiger partial charge in [-0.05, 0) is 55.5 Å². The molecule has 5 nitrogen and oxygen atoms in total. The van der Waals surface area contributed by atoms with E-state index in [2.05, 4.69) is 58.0 Å². The van der Waals surface area contributed by atoms with Gasteiger partial charge in [-0.25, -0.2) is 0 Å². The van der Waals surface area contributed by atoms with Crippen LogP contribution in [0.5, 0.6) is 0 Å². The molecule has 2 saturated heterocycles. The van der Waals surface area contributed by atoms with Crippen LogP contribution in [0.15, 0.2) is 54.6 Å². The lowest BCUT2D eigenvalue weighted by Crippen LogP contribution is -2.32. The second-order valence-electron chi connectivity index (χ2n) is 8.09. The Morgan fingerprint density at radius 2 is 1.93 bits per heavy atom. The maximum Gasteiger partial charge on any atom is 0.253 e. The Hall–Kier alpha value is -2.21. The summed E-state index contributed by atoms with van der Waals surface area (Å²) < 4.78 is 5.46. The Kier molecular flexibility index (Phi) is 6.93. The standard InChI is InChI=1S/C24H31N3O2/c28-24(23-10-5-15-29-23)26-21-9-4-8-20(16-21)17-25-22-12-14-27(18-22)13-11-19-6-2-1-3-7-19/h1-4,6-9,16,22-23,25H,5,10-15,17-18H2,(H,26,28)/t22-,23+/m1/s1. The van der Waals surface area contributed by atoms with Crippen LogP contribution in [-0.4, -0.2) is 49.2 Å². The van der Waals surface area contributed by atoms with Crippen LogP contribution in [0.1, 0.15) is 30.4 Å². The van der Waals surface area contributed by atoms with Crippen molar-refractivity contribution in [2.24, 2.45) is 0 Å². The summed E-state index contributed by atoms with van der Waals surface area (Å²) >= 11 is 0. The SMILES string of the molecule is O=C(Nc1cccc(CN[C@@H]2CCN(CCc3ccccc3)C2)c1)[C@@H]1CCCO1. The molecule has 5 heteroatoms. The first-order valence-electron chi connectivity index (χ1n) is 10.8. The van der Waals surface area contributed by atoms with Gasteiger partial charge in [-0.3, -0.25) is 4.79 Å². The Bertz CT molecular complexity index is 790. The molecule has 0 aliphatic carbocycles. The van der Waals surface area contributed by atoms with Crippen molar-refractivity contribution in [2.45, 2.75) is 44.4 Å². The van der Waals surface area contributed by atoms with Crippen molar-refractivity contribution in [1.82, 2.24) is 10.2 Å². The van der Waals surface area contributed by atoms with Crippen molar-refractivity contribution in [2.75, 3.05) is 31.6 Å². The van der Waals surface area contributed by atoms with E-state index < -0.39 is 0 Å². The maximum atomic E-state index is 12.2. The Balaban J connectivity index is 1.20. The van der Waals surface area contributed by atoms with Gasteiger partial charge in [0, 0.05) is 38.0 Å². The molecule has 2 atom stereocenters. The Morgan fingerprint density at radius 3 is 2.76 bits per heavy atom. The normalized spacial score (nSPS) is 22.1. The number of nitrogens with one attached hydrogen (secondary N) is 2. The van der Waals surface area contributed by atoms with Gasteiger partial charge in [0.15, 0.2) is 0 Å². The number of carbonyl (C=O) groups excluding carboxylic acids is 1. The zero-order valence-corrected chi connectivity index (χ0v) is 17.0. The number of carbonyl (C=O) groups is 1. The molecule has 2 aromatic carbocycles. The average molecular weight is 394 g/mol. The average Bonchev–Trinajstić information content (AvgIpc) is 3.44. The molecule has 0 bridgehead atoms. The molecule has 2 aliphatic heterocycles. The fourth-order valence-electron chi connectivity index (χ4n) is 4.16. The number of anilines is 1. The van der Waals surface area contributed by atoms with Crippen LogP contribution >= 0.6 is 0 Å². The van der Waals surface area contributed by atoms with Crippen LogP contribution in [0, 0.1) is 0 Å². The molecule has 1 amide bonds. The summed E-state index contributed by atoms with van der Waals surface area (Å²) in [4.78, 5) is 14.8. The third-order valence-corrected chi connectivity index (χ3v) is 5.84. The first kappa shape index (κ1) is 20.1. The highest BCUT2D eigenvalue weighted by Crippen LogP contribution is 2.17. The van der Waals surface area contributed by atoms with E-state index in [9.17, 15) is 4.79 Å². The van der Waals surface area contributed by atoms with E-state index in [0.29, 0.717) is 12.6 Å². The van der Waals surface area contributed by atoms with Gasteiger partial charge >= 0.3 is 0 Å². The molecule has 0 saturated carbocycles. The largest absolute Gasteiger partial charge is 0.368 e. The number of benzene rings is 2. The summed E-state index contributed by atoms with van der Waals surface area (Å²) in [7, 11) is 0. The zero-order valence-electron chi connectivity index (χ0n) is 17.0. The number of ether oxygens (including phenoxy) is 1. The van der Waals surface area contributed by atoms with Crippen molar-refractivity contribution in [3.05, 3.63) is 65.7 Å². The van der Waals surface area contributed by atoms with Crippen molar-refractivity contribution in [3.63, 3.8) is 0 Å². The van der Waals surface area contributed by atoms with Gasteiger partial charge in [-0.1, -0.05) is 42.5 Å². The predicted octanol–water partition coefficient (Wildman–Crippen LogP) is 3.21. The first-order valence-corrected chi connectivity index (χ1v) is 10.8. The van der Waals surface area contributed by atoms with Crippen LogP contribution in [0.2, 0.25) is 0 Å². The zero-order chi connectivity index (χ0) is 19.9. The number of nitrogens with zero attached hydrogens (tertiary/aromatic N) is 1. The van der Waals surface area contributed by atoms with Crippen LogP contribution in [0.4, 0.5) is 5.69 Å². The fourth-order valence-corrected chi connectivity index (χ4v) is 4.16. The quantitative estimate of drug-likeness (QED) is 0.723. The van der Waals surface area contributed by atoms with E-state index in [0.717, 1.165) is 51.1 Å². The van der Waals surface area contributed by atoms with E-state index in [1.165, 1.54) is 17.5 Å². The molecule has 0 radical (unpaired) electrons. The van der Waals surface area contributed by atoms with Gasteiger partial charge in [0.2, 0.25) is 0 Å². The summed E-state index contributed by atoms with van der Waals surface area (Å²) in [5.41, 5.74) is 3.45. The summed E-state index contributed by atoms with van der Waals surface area (Å²) in [6, 6.07) is 19.3. The van der Waals surface area contributed by atoms with Gasteiger partial charge in [0.25, 0.3) is 5.91 Å². The van der Waals surface area contributed by atoms with Crippen LogP contribution in [0.3, 0.4) is 0 Å². The topological polar surface area (TPSA) is 53.6 Å². The smallest absolute Gasteiger partial charge is 0.253 e. The predicted molar refractivity (Wildman–Crippen MR) is 116 cm³/mol. The van der Waals surface area contributed by atoms with Crippen LogP contribution in [0.25, 0.3) is 0 Å². The van der Waals surface area contributed by atoms with Gasteiger partial charge in [0.05, 0.1) is 0 Å². The maximum absolute atomic E-state index is 12.2. The number of amides is 1. The van der Waals surface area contributed by atoms with E-state index in [1.54, 1.807) is 0 Å². The molecule has 29 heavy (non-hydrogen) atoms. The molecule has 4 rings (SSSR count). The first-order chi connectivity index (χ1) is 14.3. The van der Waals surface area contributed by atoms with E-state index in [1.807, 2.05) is 12.1 Å². The van der Waals surface area contributed by atoms with Gasteiger partial charge in [0.1, 0.15) is 6.10 Å². The van der Waals surface area contributed by atoms with E-state index in [-0.39, 0.29) is 12.0 Å². The number of hydrogen-bond acceptors (Lipinski definition) is 4. The molecule has 2 N–H and O–H groups in total. The summed E-state index contributed by atoms with van der Waals surface area (Å²) in [5.74, 6) is -0.0301. The minimum Gasteiger partial charge on any atom is -0.368 e. The van der Waals surface area contributed by atoms with Gasteiger partial charge in [-0.2, -0.15) is 0 Å². The summed E-state index contributed by atoms with van der Waals surface area (Å²) in [6.45, 7) is 4.88. The Morgan fingerprint density at radius 1 is 1.07 bits per heavy atom. The molecule has 2 heterocycles. The van der Waals surface area contributed by atoms with Crippen LogP contribution in [-0.2, 0) is 22.5 Å². The van der Waals surface area contributed by atoms with Crippen molar-refractivity contribution >= 4 is 11.6 Å². The molecule has 0 unspecified atom stereocenters. The molecular weight excluding hydrogens is 362 g/mol. The van der Waals surface area contributed by atoms with E-state index in [4.69, 9.17) is 4.74 Å². The second-order valence-corrected chi connectivity index (χ2v) is 8.09. The summed E-state index contributed by atoms with van der Waals surface area (Å²) in [6.07, 6.45) is 3.78.